The molecule has 1 aromatic carbocycles. The first-order valence-corrected chi connectivity index (χ1v) is 9.92. The van der Waals surface area contributed by atoms with Gasteiger partial charge in [-0.3, -0.25) is 4.79 Å². The first-order valence-electron chi connectivity index (χ1n) is 9.92. The first kappa shape index (κ1) is 17.9. The number of methoxy groups -OCH3 is 1. The number of hydrogen-bond donors (Lipinski definition) is 1. The van der Waals surface area contributed by atoms with Gasteiger partial charge < -0.3 is 9.84 Å². The van der Waals surface area contributed by atoms with Crippen LogP contribution in [0.3, 0.4) is 0 Å². The van der Waals surface area contributed by atoms with Crippen molar-refractivity contribution in [3.8, 4) is 0 Å². The predicted octanol–water partition coefficient (Wildman–Crippen LogP) is 3.80. The SMILES string of the molecule is C=C1[C@H]2[C@@H](CO)[C@H]3CCC[C@]1(C)[C@@]3(C(=O)CCc1ccccc1)[C@@H]2OC. The third-order valence-electron chi connectivity index (χ3n) is 7.96. The maximum Gasteiger partial charge on any atom is 0.143 e. The summed E-state index contributed by atoms with van der Waals surface area (Å²) in [4.78, 5) is 13.8. The summed E-state index contributed by atoms with van der Waals surface area (Å²) in [6, 6.07) is 10.2. The molecular formula is C23H30O3. The van der Waals surface area contributed by atoms with Gasteiger partial charge in [-0.05, 0) is 36.7 Å². The van der Waals surface area contributed by atoms with Crippen LogP contribution in [-0.4, -0.2) is 30.7 Å². The number of fused-ring (bicyclic) bond motifs is 1. The van der Waals surface area contributed by atoms with E-state index in [9.17, 15) is 9.90 Å². The highest BCUT2D eigenvalue weighted by Crippen LogP contribution is 2.76. The Morgan fingerprint density at radius 2 is 2.08 bits per heavy atom. The van der Waals surface area contributed by atoms with Gasteiger partial charge in [-0.1, -0.05) is 55.8 Å². The van der Waals surface area contributed by atoms with E-state index in [1.54, 1.807) is 7.11 Å². The molecule has 0 aliphatic heterocycles. The van der Waals surface area contributed by atoms with Gasteiger partial charge in [0.25, 0.3) is 0 Å². The Morgan fingerprint density at radius 1 is 1.35 bits per heavy atom. The second-order valence-electron chi connectivity index (χ2n) is 8.66. The van der Waals surface area contributed by atoms with E-state index in [4.69, 9.17) is 4.74 Å². The minimum atomic E-state index is -0.510. The number of hydrogen-bond acceptors (Lipinski definition) is 3. The van der Waals surface area contributed by atoms with Gasteiger partial charge in [0, 0.05) is 31.5 Å². The van der Waals surface area contributed by atoms with Crippen LogP contribution in [0.1, 0.15) is 38.2 Å². The van der Waals surface area contributed by atoms with Crippen LogP contribution in [0.25, 0.3) is 0 Å². The van der Waals surface area contributed by atoms with Crippen molar-refractivity contribution in [3.63, 3.8) is 0 Å². The van der Waals surface area contributed by atoms with E-state index in [-0.39, 0.29) is 35.9 Å². The zero-order valence-corrected chi connectivity index (χ0v) is 15.9. The zero-order chi connectivity index (χ0) is 18.5. The Morgan fingerprint density at radius 3 is 2.73 bits per heavy atom. The summed E-state index contributed by atoms with van der Waals surface area (Å²) in [5.41, 5.74) is 1.64. The maximum atomic E-state index is 13.8. The largest absolute Gasteiger partial charge is 0.396 e. The van der Waals surface area contributed by atoms with Gasteiger partial charge in [-0.2, -0.15) is 0 Å². The molecule has 2 bridgehead atoms. The van der Waals surface area contributed by atoms with E-state index in [2.05, 4.69) is 25.6 Å². The molecule has 26 heavy (non-hydrogen) atoms. The van der Waals surface area contributed by atoms with Crippen molar-refractivity contribution in [3.05, 3.63) is 48.0 Å². The number of carbonyl (C=O) groups is 1. The highest BCUT2D eigenvalue weighted by Gasteiger charge is 2.78. The van der Waals surface area contributed by atoms with Crippen LogP contribution in [0.2, 0.25) is 0 Å². The van der Waals surface area contributed by atoms with Crippen LogP contribution in [0.5, 0.6) is 0 Å². The van der Waals surface area contributed by atoms with E-state index in [0.29, 0.717) is 12.2 Å². The Hall–Kier alpha value is -1.45. The number of rotatable bonds is 6. The van der Waals surface area contributed by atoms with Crippen LogP contribution in [0, 0.1) is 28.6 Å². The molecule has 140 valence electrons. The molecular weight excluding hydrogens is 324 g/mol. The van der Waals surface area contributed by atoms with Crippen LogP contribution in [-0.2, 0) is 16.0 Å². The molecule has 4 rings (SSSR count). The molecule has 0 heterocycles. The summed E-state index contributed by atoms with van der Waals surface area (Å²) in [5, 5.41) is 10.1. The van der Waals surface area contributed by atoms with Gasteiger partial charge in [0.2, 0.25) is 0 Å². The van der Waals surface area contributed by atoms with Crippen LogP contribution < -0.4 is 0 Å². The lowest BCUT2D eigenvalue weighted by molar-refractivity contribution is -0.154. The first-order chi connectivity index (χ1) is 12.5. The average molecular weight is 354 g/mol. The minimum absolute atomic E-state index is 0.112. The van der Waals surface area contributed by atoms with Gasteiger partial charge in [0.15, 0.2) is 0 Å². The molecule has 3 nitrogen and oxygen atoms in total. The molecule has 3 aliphatic carbocycles. The van der Waals surface area contributed by atoms with Gasteiger partial charge >= 0.3 is 0 Å². The number of ketones is 1. The molecule has 3 saturated carbocycles. The van der Waals surface area contributed by atoms with Crippen LogP contribution in [0.4, 0.5) is 0 Å². The second kappa shape index (κ2) is 6.31. The van der Waals surface area contributed by atoms with E-state index in [0.717, 1.165) is 31.3 Å². The molecule has 0 amide bonds. The number of aliphatic hydroxyl groups excluding tert-OH is 1. The third kappa shape index (κ3) is 2.05. The monoisotopic (exact) mass is 354 g/mol. The quantitative estimate of drug-likeness (QED) is 0.790. The van der Waals surface area contributed by atoms with Crippen molar-refractivity contribution < 1.29 is 14.6 Å². The van der Waals surface area contributed by atoms with Crippen molar-refractivity contribution in [2.24, 2.45) is 28.6 Å². The second-order valence-corrected chi connectivity index (χ2v) is 8.66. The molecule has 0 radical (unpaired) electrons. The normalized spacial score (nSPS) is 40.8. The van der Waals surface area contributed by atoms with Crippen LogP contribution >= 0.6 is 0 Å². The lowest BCUT2D eigenvalue weighted by Gasteiger charge is -2.55. The number of carbonyl (C=O) groups excluding carboxylic acids is 1. The number of Topliss-reactive ketones (excluding diaryl/α,β-unsaturated/α-hetero) is 1. The molecule has 1 N–H and O–H groups in total. The standard InChI is InChI=1S/C23H30O3/c1-15-20-17(14-24)18-10-7-13-22(15,2)23(18,21(20)26-3)19(25)12-11-16-8-5-4-6-9-16/h4-6,8-9,17-18,20-21,24H,1,7,10-14H2,2-3H3/t17-,18+,20-,21+,22-,23-/m0/s1. The predicted molar refractivity (Wildman–Crippen MR) is 102 cm³/mol. The Balaban J connectivity index is 1.72. The van der Waals surface area contributed by atoms with Crippen LogP contribution in [0.15, 0.2) is 42.5 Å². The highest BCUT2D eigenvalue weighted by molar-refractivity contribution is 5.90. The Kier molecular flexibility index (Phi) is 4.36. The fourth-order valence-electron chi connectivity index (χ4n) is 6.95. The summed E-state index contributed by atoms with van der Waals surface area (Å²) in [5.74, 6) is 0.762. The Labute approximate surface area is 156 Å². The fraction of sp³-hybridized carbons (Fsp3) is 0.609. The molecule has 0 unspecified atom stereocenters. The van der Waals surface area contributed by atoms with Gasteiger partial charge in [-0.25, -0.2) is 0 Å². The van der Waals surface area contributed by atoms with E-state index in [1.807, 2.05) is 18.2 Å². The molecule has 6 atom stereocenters. The number of benzene rings is 1. The van der Waals surface area contributed by atoms with Gasteiger partial charge in [0.05, 0.1) is 11.5 Å². The molecule has 3 aliphatic rings. The summed E-state index contributed by atoms with van der Waals surface area (Å²) in [6.45, 7) is 6.79. The summed E-state index contributed by atoms with van der Waals surface area (Å²) in [6.07, 6.45) is 4.30. The van der Waals surface area contributed by atoms with Crippen molar-refractivity contribution in [1.29, 1.82) is 0 Å². The highest BCUT2D eigenvalue weighted by atomic mass is 16.5. The van der Waals surface area contributed by atoms with E-state index in [1.165, 1.54) is 5.56 Å². The van der Waals surface area contributed by atoms with E-state index < -0.39 is 5.41 Å². The molecule has 0 aromatic heterocycles. The topological polar surface area (TPSA) is 46.5 Å². The zero-order valence-electron chi connectivity index (χ0n) is 15.9. The number of aryl methyl sites for hydroxylation is 1. The van der Waals surface area contributed by atoms with Crippen molar-refractivity contribution in [2.75, 3.05) is 13.7 Å². The van der Waals surface area contributed by atoms with Crippen molar-refractivity contribution >= 4 is 5.78 Å². The Bertz CT molecular complexity index is 711. The van der Waals surface area contributed by atoms with Crippen molar-refractivity contribution in [2.45, 2.75) is 45.1 Å². The van der Waals surface area contributed by atoms with E-state index >= 15 is 0 Å². The lowest BCUT2D eigenvalue weighted by atomic mass is 9.47. The molecule has 3 heteroatoms. The molecule has 0 saturated heterocycles. The fourth-order valence-corrected chi connectivity index (χ4v) is 6.95. The lowest BCUT2D eigenvalue weighted by Crippen LogP contribution is -2.56. The summed E-state index contributed by atoms with van der Waals surface area (Å²) < 4.78 is 5.99. The van der Waals surface area contributed by atoms with Crippen molar-refractivity contribution in [1.82, 2.24) is 0 Å². The minimum Gasteiger partial charge on any atom is -0.396 e. The number of ether oxygens (including phenoxy) is 1. The molecule has 3 fully saturated rings. The maximum absolute atomic E-state index is 13.8. The summed E-state index contributed by atoms with van der Waals surface area (Å²) >= 11 is 0. The molecule has 1 aromatic rings. The average Bonchev–Trinajstić information content (AvgIpc) is 3.07. The molecule has 0 spiro atoms. The van der Waals surface area contributed by atoms with Gasteiger partial charge in [0.1, 0.15) is 5.78 Å². The third-order valence-corrected chi connectivity index (χ3v) is 7.96. The van der Waals surface area contributed by atoms with Gasteiger partial charge in [-0.15, -0.1) is 0 Å². The summed E-state index contributed by atoms with van der Waals surface area (Å²) in [7, 11) is 1.73. The smallest absolute Gasteiger partial charge is 0.143 e. The number of aliphatic hydroxyl groups is 1.